The van der Waals surface area contributed by atoms with Gasteiger partial charge in [0.25, 0.3) is 5.92 Å². The van der Waals surface area contributed by atoms with Crippen molar-refractivity contribution in [3.05, 3.63) is 24.3 Å². The molecule has 7 heteroatoms. The number of rotatable bonds is 3. The van der Waals surface area contributed by atoms with E-state index in [1.165, 1.54) is 0 Å². The van der Waals surface area contributed by atoms with Crippen LogP contribution >= 0.6 is 0 Å². The zero-order valence-electron chi connectivity index (χ0n) is 13.8. The number of alkyl halides is 2. The van der Waals surface area contributed by atoms with Crippen LogP contribution in [0.4, 0.5) is 13.6 Å². The first-order valence-corrected chi connectivity index (χ1v) is 7.78. The summed E-state index contributed by atoms with van der Waals surface area (Å²) in [5.74, 6) is -3.68. The number of carbonyl (C=O) groups excluding carboxylic acids is 1. The third-order valence-corrected chi connectivity index (χ3v) is 3.76. The molecule has 1 atom stereocenters. The molecule has 1 amide bonds. The lowest BCUT2D eigenvalue weighted by Crippen LogP contribution is -2.51. The number of aryl methyl sites for hydroxylation is 1. The Morgan fingerprint density at radius 2 is 2.17 bits per heavy atom. The molecule has 1 fully saturated rings. The monoisotopic (exact) mass is 327 g/mol. The molecular weight excluding hydrogens is 304 g/mol. The number of aromatic nitrogens is 2. The SMILES string of the molecule is CC(C)(C)OC(=O)N1CC[C@H](CCc2cnccn2)C(F)(F)C1. The Labute approximate surface area is 135 Å². The van der Waals surface area contributed by atoms with Gasteiger partial charge in [0.1, 0.15) is 5.60 Å². The highest BCUT2D eigenvalue weighted by Crippen LogP contribution is 2.36. The van der Waals surface area contributed by atoms with E-state index in [1.807, 2.05) is 0 Å². The van der Waals surface area contributed by atoms with Gasteiger partial charge in [-0.1, -0.05) is 0 Å². The van der Waals surface area contributed by atoms with E-state index in [-0.39, 0.29) is 13.0 Å². The molecule has 128 valence electrons. The van der Waals surface area contributed by atoms with Gasteiger partial charge in [0.05, 0.1) is 12.2 Å². The van der Waals surface area contributed by atoms with E-state index < -0.39 is 30.1 Å². The topological polar surface area (TPSA) is 55.3 Å². The number of carbonyl (C=O) groups is 1. The minimum Gasteiger partial charge on any atom is -0.444 e. The van der Waals surface area contributed by atoms with E-state index in [4.69, 9.17) is 4.74 Å². The molecular formula is C16H23F2N3O2. The highest BCUT2D eigenvalue weighted by atomic mass is 19.3. The molecule has 0 bridgehead atoms. The first kappa shape index (κ1) is 17.6. The van der Waals surface area contributed by atoms with Crippen LogP contribution in [0.3, 0.4) is 0 Å². The summed E-state index contributed by atoms with van der Waals surface area (Å²) in [6, 6.07) is 0. The molecule has 1 aromatic rings. The smallest absolute Gasteiger partial charge is 0.410 e. The van der Waals surface area contributed by atoms with E-state index in [1.54, 1.807) is 39.4 Å². The Morgan fingerprint density at radius 3 is 2.74 bits per heavy atom. The van der Waals surface area contributed by atoms with Crippen molar-refractivity contribution in [1.82, 2.24) is 14.9 Å². The van der Waals surface area contributed by atoms with Gasteiger partial charge in [-0.25, -0.2) is 13.6 Å². The van der Waals surface area contributed by atoms with E-state index in [2.05, 4.69) is 9.97 Å². The van der Waals surface area contributed by atoms with E-state index in [9.17, 15) is 13.6 Å². The lowest BCUT2D eigenvalue weighted by Gasteiger charge is -2.38. The Bertz CT molecular complexity index is 532. The Morgan fingerprint density at radius 1 is 1.43 bits per heavy atom. The summed E-state index contributed by atoms with van der Waals surface area (Å²) in [5, 5.41) is 0. The molecule has 5 nitrogen and oxygen atoms in total. The summed E-state index contributed by atoms with van der Waals surface area (Å²) in [6.07, 6.45) is 5.06. The number of amides is 1. The highest BCUT2D eigenvalue weighted by molar-refractivity contribution is 5.68. The second-order valence-electron chi connectivity index (χ2n) is 6.88. The summed E-state index contributed by atoms with van der Waals surface area (Å²) in [7, 11) is 0. The molecule has 2 heterocycles. The molecule has 0 saturated carbocycles. The molecule has 1 aromatic heterocycles. The fourth-order valence-electron chi connectivity index (χ4n) is 2.60. The molecule has 23 heavy (non-hydrogen) atoms. The molecule has 0 aliphatic carbocycles. The first-order valence-electron chi connectivity index (χ1n) is 7.78. The van der Waals surface area contributed by atoms with E-state index in [0.717, 1.165) is 4.90 Å². The van der Waals surface area contributed by atoms with Crippen LogP contribution in [0.5, 0.6) is 0 Å². The van der Waals surface area contributed by atoms with Crippen molar-refractivity contribution in [2.75, 3.05) is 13.1 Å². The van der Waals surface area contributed by atoms with Crippen LogP contribution < -0.4 is 0 Å². The van der Waals surface area contributed by atoms with Gasteiger partial charge in [0.15, 0.2) is 0 Å². The van der Waals surface area contributed by atoms with Crippen LogP contribution in [0.15, 0.2) is 18.6 Å². The molecule has 2 rings (SSSR count). The van der Waals surface area contributed by atoms with Gasteiger partial charge in [0, 0.05) is 31.1 Å². The zero-order chi connectivity index (χ0) is 17.1. The molecule has 0 N–H and O–H groups in total. The van der Waals surface area contributed by atoms with Crippen LogP contribution in [-0.2, 0) is 11.2 Å². The lowest BCUT2D eigenvalue weighted by molar-refractivity contribution is -0.112. The van der Waals surface area contributed by atoms with Gasteiger partial charge in [0.2, 0.25) is 0 Å². The average Bonchev–Trinajstić information content (AvgIpc) is 2.44. The second-order valence-corrected chi connectivity index (χ2v) is 6.88. The predicted octanol–water partition coefficient (Wildman–Crippen LogP) is 3.30. The van der Waals surface area contributed by atoms with E-state index >= 15 is 0 Å². The Balaban J connectivity index is 1.91. The number of hydrogen-bond donors (Lipinski definition) is 0. The van der Waals surface area contributed by atoms with Crippen molar-refractivity contribution in [3.8, 4) is 0 Å². The van der Waals surface area contributed by atoms with Gasteiger partial charge >= 0.3 is 6.09 Å². The Kier molecular flexibility index (Phi) is 5.16. The molecule has 0 unspecified atom stereocenters. The minimum absolute atomic E-state index is 0.256. The summed E-state index contributed by atoms with van der Waals surface area (Å²) in [6.45, 7) is 4.85. The van der Waals surface area contributed by atoms with Gasteiger partial charge < -0.3 is 9.64 Å². The number of hydrogen-bond acceptors (Lipinski definition) is 4. The number of ether oxygens (including phenoxy) is 1. The lowest BCUT2D eigenvalue weighted by atomic mass is 9.88. The fraction of sp³-hybridized carbons (Fsp3) is 0.688. The largest absolute Gasteiger partial charge is 0.444 e. The van der Waals surface area contributed by atoms with Crippen LogP contribution in [0.25, 0.3) is 0 Å². The molecule has 0 aromatic carbocycles. The number of nitrogens with zero attached hydrogens (tertiary/aromatic N) is 3. The van der Waals surface area contributed by atoms with Crippen molar-refractivity contribution < 1.29 is 18.3 Å². The summed E-state index contributed by atoms with van der Waals surface area (Å²) >= 11 is 0. The average molecular weight is 327 g/mol. The van der Waals surface area contributed by atoms with Crippen LogP contribution in [-0.4, -0.2) is 45.6 Å². The number of piperidine rings is 1. The van der Waals surface area contributed by atoms with Crippen molar-refractivity contribution in [1.29, 1.82) is 0 Å². The normalized spacial score (nSPS) is 21.1. The van der Waals surface area contributed by atoms with Crippen molar-refractivity contribution >= 4 is 6.09 Å². The van der Waals surface area contributed by atoms with Gasteiger partial charge in [-0.05, 0) is 40.0 Å². The molecule has 1 aliphatic heterocycles. The fourth-order valence-corrected chi connectivity index (χ4v) is 2.60. The summed E-state index contributed by atoms with van der Waals surface area (Å²) in [4.78, 5) is 21.1. The quantitative estimate of drug-likeness (QED) is 0.855. The molecule has 0 spiro atoms. The molecule has 0 radical (unpaired) electrons. The van der Waals surface area contributed by atoms with Crippen LogP contribution in [0, 0.1) is 5.92 Å². The van der Waals surface area contributed by atoms with Crippen LogP contribution in [0.1, 0.15) is 39.3 Å². The van der Waals surface area contributed by atoms with Gasteiger partial charge in [-0.2, -0.15) is 0 Å². The first-order chi connectivity index (χ1) is 10.7. The maximum atomic E-state index is 14.3. The van der Waals surface area contributed by atoms with Crippen LogP contribution in [0.2, 0.25) is 0 Å². The number of likely N-dealkylation sites (tertiary alicyclic amines) is 1. The summed E-state index contributed by atoms with van der Waals surface area (Å²) in [5.41, 5.74) is 0.0210. The highest BCUT2D eigenvalue weighted by Gasteiger charge is 2.46. The van der Waals surface area contributed by atoms with Crippen molar-refractivity contribution in [3.63, 3.8) is 0 Å². The summed E-state index contributed by atoms with van der Waals surface area (Å²) < 4.78 is 33.8. The maximum absolute atomic E-state index is 14.3. The van der Waals surface area contributed by atoms with Crippen molar-refractivity contribution in [2.45, 2.75) is 51.6 Å². The van der Waals surface area contributed by atoms with Crippen molar-refractivity contribution in [2.24, 2.45) is 5.92 Å². The van der Waals surface area contributed by atoms with Gasteiger partial charge in [-0.15, -0.1) is 0 Å². The number of halogens is 2. The third-order valence-electron chi connectivity index (χ3n) is 3.76. The maximum Gasteiger partial charge on any atom is 0.410 e. The minimum atomic E-state index is -2.92. The molecule has 1 saturated heterocycles. The van der Waals surface area contributed by atoms with Gasteiger partial charge in [-0.3, -0.25) is 9.97 Å². The zero-order valence-corrected chi connectivity index (χ0v) is 13.8. The molecule has 1 aliphatic rings. The van der Waals surface area contributed by atoms with E-state index in [0.29, 0.717) is 18.5 Å². The standard InChI is InChI=1S/C16H23F2N3O2/c1-15(2,3)23-14(22)21-9-6-12(16(17,18)11-21)4-5-13-10-19-7-8-20-13/h7-8,10,12H,4-6,9,11H2,1-3H3/t12-/m0/s1. The second kappa shape index (κ2) is 6.76. The Hall–Kier alpha value is -1.79. The predicted molar refractivity (Wildman–Crippen MR) is 81.2 cm³/mol. The third kappa shape index (κ3) is 5.11.